The Morgan fingerprint density at radius 1 is 1.13 bits per heavy atom. The van der Waals surface area contributed by atoms with Gasteiger partial charge in [0.2, 0.25) is 0 Å². The molecule has 4 heterocycles. The fraction of sp³-hybridized carbons (Fsp3) is 0.400. The molecule has 5 rings (SSSR count). The number of Topliss-reactive ketones (excluding diaryl/α,β-unsaturated/α-hetero) is 1. The molecule has 0 atom stereocenters. The summed E-state index contributed by atoms with van der Waals surface area (Å²) in [7, 11) is 0. The number of piperidine rings is 1. The van der Waals surface area contributed by atoms with Crippen molar-refractivity contribution >= 4 is 22.8 Å². The van der Waals surface area contributed by atoms with Crippen LogP contribution in [-0.2, 0) is 4.79 Å². The number of carbonyl (C=O) groups is 1. The summed E-state index contributed by atoms with van der Waals surface area (Å²) in [5, 5.41) is 11.5. The van der Waals surface area contributed by atoms with Crippen LogP contribution in [0.5, 0.6) is 5.75 Å². The van der Waals surface area contributed by atoms with Crippen molar-refractivity contribution in [1.29, 1.82) is 0 Å². The van der Waals surface area contributed by atoms with E-state index in [1.807, 2.05) is 6.07 Å². The molecule has 2 aromatic heterocycles. The predicted octanol–water partition coefficient (Wildman–Crippen LogP) is 2.62. The van der Waals surface area contributed by atoms with Crippen LogP contribution in [0.2, 0.25) is 0 Å². The third kappa shape index (κ3) is 3.92. The summed E-state index contributed by atoms with van der Waals surface area (Å²) >= 11 is 0. The van der Waals surface area contributed by atoms with Crippen LogP contribution in [0, 0.1) is 0 Å². The monoisotopic (exact) mass is 432 g/mol. The van der Waals surface area contributed by atoms with Crippen LogP contribution in [-0.4, -0.2) is 57.3 Å². The van der Waals surface area contributed by atoms with Crippen molar-refractivity contribution in [2.45, 2.75) is 31.2 Å². The van der Waals surface area contributed by atoms with Crippen LogP contribution in [0.25, 0.3) is 16.9 Å². The first kappa shape index (κ1) is 19.7. The van der Waals surface area contributed by atoms with E-state index in [1.54, 1.807) is 12.1 Å². The number of hydrogen-bond donors (Lipinski definition) is 1. The Balaban J connectivity index is 1.41. The molecule has 0 radical (unpaired) electrons. The van der Waals surface area contributed by atoms with Gasteiger partial charge in [0.15, 0.2) is 5.65 Å². The topological polar surface area (TPSA) is 85.2 Å². The highest BCUT2D eigenvalue weighted by atomic mass is 19.4. The van der Waals surface area contributed by atoms with E-state index in [0.717, 1.165) is 31.7 Å². The van der Waals surface area contributed by atoms with E-state index in [-0.39, 0.29) is 17.1 Å². The Labute approximate surface area is 175 Å². The Hall–Kier alpha value is -3.21. The highest BCUT2D eigenvalue weighted by Gasteiger charge is 2.40. The molecular formula is C20H19F3N6O2. The van der Waals surface area contributed by atoms with E-state index in [9.17, 15) is 18.0 Å². The maximum absolute atomic E-state index is 12.6. The summed E-state index contributed by atoms with van der Waals surface area (Å²) in [4.78, 5) is 18.5. The number of rotatable bonds is 3. The molecule has 3 aromatic rings. The quantitative estimate of drug-likeness (QED) is 0.681. The third-order valence-corrected chi connectivity index (χ3v) is 5.82. The van der Waals surface area contributed by atoms with Gasteiger partial charge < -0.3 is 15.0 Å². The number of fused-ring (bicyclic) bond motifs is 1. The average Bonchev–Trinajstić information content (AvgIpc) is 3.31. The first-order valence-electron chi connectivity index (χ1n) is 9.91. The maximum atomic E-state index is 12.6. The van der Waals surface area contributed by atoms with E-state index in [0.29, 0.717) is 29.8 Å². The van der Waals surface area contributed by atoms with E-state index in [1.165, 1.54) is 22.9 Å². The summed E-state index contributed by atoms with van der Waals surface area (Å²) in [6.45, 7) is 1.93. The van der Waals surface area contributed by atoms with Crippen LogP contribution < -0.4 is 15.0 Å². The molecule has 0 bridgehead atoms. The molecule has 0 unspecified atom stereocenters. The molecule has 1 spiro atoms. The van der Waals surface area contributed by atoms with Gasteiger partial charge in [-0.25, -0.2) is 4.98 Å². The van der Waals surface area contributed by atoms with Crippen molar-refractivity contribution in [3.05, 3.63) is 36.4 Å². The number of halogens is 3. The van der Waals surface area contributed by atoms with Crippen molar-refractivity contribution in [1.82, 2.24) is 25.3 Å². The number of nitrogens with zero attached hydrogens (tertiary/aromatic N) is 5. The average molecular weight is 432 g/mol. The third-order valence-electron chi connectivity index (χ3n) is 5.82. The highest BCUT2D eigenvalue weighted by molar-refractivity contribution is 5.84. The van der Waals surface area contributed by atoms with Crippen molar-refractivity contribution in [2.24, 2.45) is 0 Å². The van der Waals surface area contributed by atoms with Crippen LogP contribution >= 0.6 is 0 Å². The fourth-order valence-electron chi connectivity index (χ4n) is 4.27. The van der Waals surface area contributed by atoms with Gasteiger partial charge >= 0.3 is 6.36 Å². The second kappa shape index (κ2) is 7.19. The molecule has 0 aliphatic carbocycles. The Morgan fingerprint density at radius 2 is 1.94 bits per heavy atom. The number of anilines is 1. The maximum Gasteiger partial charge on any atom is 0.573 e. The van der Waals surface area contributed by atoms with Crippen molar-refractivity contribution in [3.63, 3.8) is 0 Å². The number of benzene rings is 1. The number of ether oxygens (including phenoxy) is 1. The fourth-order valence-corrected chi connectivity index (χ4v) is 4.27. The predicted molar refractivity (Wildman–Crippen MR) is 105 cm³/mol. The summed E-state index contributed by atoms with van der Waals surface area (Å²) in [5.41, 5.74) is 1.22. The number of ketones is 1. The Kier molecular flexibility index (Phi) is 4.58. The first-order valence-corrected chi connectivity index (χ1v) is 9.91. The van der Waals surface area contributed by atoms with Gasteiger partial charge in [0, 0.05) is 31.1 Å². The van der Waals surface area contributed by atoms with Gasteiger partial charge in [0.05, 0.1) is 12.2 Å². The van der Waals surface area contributed by atoms with Gasteiger partial charge in [-0.1, -0.05) is 11.3 Å². The van der Waals surface area contributed by atoms with E-state index < -0.39 is 6.36 Å². The normalized spacial score (nSPS) is 18.8. The Morgan fingerprint density at radius 3 is 2.65 bits per heavy atom. The van der Waals surface area contributed by atoms with Crippen molar-refractivity contribution < 1.29 is 22.7 Å². The van der Waals surface area contributed by atoms with Gasteiger partial charge in [0.1, 0.15) is 22.9 Å². The molecule has 2 aliphatic heterocycles. The number of nitrogens with one attached hydrogen (secondary N) is 1. The molecule has 162 valence electrons. The molecule has 0 amide bonds. The number of pyridine rings is 1. The standard InChI is InChI=1S/C20H19F3N6O2/c21-20(22,23)31-15-3-1-2-13(10-15)29-18-16(26-27-29)4-5-17(25-18)28-8-6-19(7-9-28)11-14(30)12-24-19/h1-5,10,24H,6-9,11-12H2. The molecule has 2 saturated heterocycles. The SMILES string of the molecule is O=C1CNC2(CCN(c3ccc4nnn(-c5cccc(OC(F)(F)F)c5)c4n3)CC2)C1. The van der Waals surface area contributed by atoms with Gasteiger partial charge in [-0.2, -0.15) is 4.68 Å². The molecule has 8 nitrogen and oxygen atoms in total. The number of alkyl halides is 3. The lowest BCUT2D eigenvalue weighted by Gasteiger charge is -2.39. The zero-order valence-electron chi connectivity index (χ0n) is 16.4. The lowest BCUT2D eigenvalue weighted by Crippen LogP contribution is -2.50. The molecule has 1 N–H and O–H groups in total. The minimum atomic E-state index is -4.78. The van der Waals surface area contributed by atoms with Crippen molar-refractivity contribution in [2.75, 3.05) is 24.5 Å². The van der Waals surface area contributed by atoms with Gasteiger partial charge in [-0.15, -0.1) is 18.3 Å². The highest BCUT2D eigenvalue weighted by Crippen LogP contribution is 2.32. The van der Waals surface area contributed by atoms with Crippen LogP contribution in [0.1, 0.15) is 19.3 Å². The lowest BCUT2D eigenvalue weighted by molar-refractivity contribution is -0.274. The van der Waals surface area contributed by atoms with Crippen molar-refractivity contribution in [3.8, 4) is 11.4 Å². The summed E-state index contributed by atoms with van der Waals surface area (Å²) < 4.78 is 43.1. The minimum absolute atomic E-state index is 0.111. The van der Waals surface area contributed by atoms with Crippen LogP contribution in [0.4, 0.5) is 19.0 Å². The molecule has 11 heteroatoms. The smallest absolute Gasteiger partial charge is 0.406 e. The number of aromatic nitrogens is 4. The van der Waals surface area contributed by atoms with Crippen LogP contribution in [0.3, 0.4) is 0 Å². The number of carbonyl (C=O) groups excluding carboxylic acids is 1. The van der Waals surface area contributed by atoms with E-state index in [4.69, 9.17) is 0 Å². The largest absolute Gasteiger partial charge is 0.573 e. The van der Waals surface area contributed by atoms with E-state index in [2.05, 4.69) is 30.2 Å². The molecule has 1 aromatic carbocycles. The lowest BCUT2D eigenvalue weighted by atomic mass is 9.86. The summed E-state index contributed by atoms with van der Waals surface area (Å²) in [5.74, 6) is 0.641. The van der Waals surface area contributed by atoms with Gasteiger partial charge in [-0.3, -0.25) is 4.79 Å². The zero-order valence-corrected chi connectivity index (χ0v) is 16.4. The molecule has 2 fully saturated rings. The number of hydrogen-bond acceptors (Lipinski definition) is 7. The van der Waals surface area contributed by atoms with Crippen LogP contribution in [0.15, 0.2) is 36.4 Å². The zero-order chi connectivity index (χ0) is 21.6. The first-order chi connectivity index (χ1) is 14.8. The second-order valence-electron chi connectivity index (χ2n) is 7.89. The summed E-state index contributed by atoms with van der Waals surface area (Å²) in [6.07, 6.45) is -2.53. The molecule has 0 saturated carbocycles. The second-order valence-corrected chi connectivity index (χ2v) is 7.89. The van der Waals surface area contributed by atoms with E-state index >= 15 is 0 Å². The molecular weight excluding hydrogens is 413 g/mol. The summed E-state index contributed by atoms with van der Waals surface area (Å²) in [6, 6.07) is 9.17. The minimum Gasteiger partial charge on any atom is -0.406 e. The Bertz CT molecular complexity index is 1140. The molecule has 31 heavy (non-hydrogen) atoms. The van der Waals surface area contributed by atoms with Gasteiger partial charge in [0.25, 0.3) is 0 Å². The van der Waals surface area contributed by atoms with Gasteiger partial charge in [-0.05, 0) is 37.1 Å². The molecule has 2 aliphatic rings.